The van der Waals surface area contributed by atoms with Crippen LogP contribution in [0.15, 0.2) is 24.3 Å². The molecule has 0 aliphatic heterocycles. The van der Waals surface area contributed by atoms with E-state index < -0.39 is 18.2 Å². The second-order valence-electron chi connectivity index (χ2n) is 17.6. The minimum Gasteiger partial charge on any atom is -0.462 e. The molecule has 6 nitrogen and oxygen atoms in total. The molecule has 0 fully saturated rings. The lowest BCUT2D eigenvalue weighted by molar-refractivity contribution is -0.150. The van der Waals surface area contributed by atoms with Crippen molar-refractivity contribution in [2.75, 3.05) is 6.61 Å². The van der Waals surface area contributed by atoms with Gasteiger partial charge in [-0.05, 0) is 44.9 Å². The van der Waals surface area contributed by atoms with Crippen LogP contribution in [0.5, 0.6) is 0 Å². The van der Waals surface area contributed by atoms with Gasteiger partial charge in [-0.2, -0.15) is 0 Å². The van der Waals surface area contributed by atoms with Crippen molar-refractivity contribution in [3.05, 3.63) is 24.3 Å². The largest absolute Gasteiger partial charge is 0.462 e. The molecule has 1 amide bonds. The highest BCUT2D eigenvalue weighted by Crippen LogP contribution is 2.18. The molecule has 0 spiro atoms. The van der Waals surface area contributed by atoms with E-state index in [2.05, 4.69) is 44.3 Å². The normalized spacial score (nSPS) is 13.4. The van der Waals surface area contributed by atoms with Gasteiger partial charge in [0.15, 0.2) is 0 Å². The zero-order chi connectivity index (χ0) is 42.4. The minimum atomic E-state index is -0.791. The van der Waals surface area contributed by atoms with Gasteiger partial charge in [-0.3, -0.25) is 9.59 Å². The summed E-state index contributed by atoms with van der Waals surface area (Å²) in [6, 6.07) is -0.706. The fourth-order valence-corrected chi connectivity index (χ4v) is 7.90. The molecule has 0 aromatic carbocycles. The number of hydrogen-bond donors (Lipinski definition) is 3. The van der Waals surface area contributed by atoms with Gasteiger partial charge in [0.1, 0.15) is 6.10 Å². The molecule has 0 saturated carbocycles. The van der Waals surface area contributed by atoms with E-state index >= 15 is 0 Å². The van der Waals surface area contributed by atoms with E-state index in [1.54, 1.807) is 0 Å². The summed E-state index contributed by atoms with van der Waals surface area (Å²) < 4.78 is 5.88. The fourth-order valence-electron chi connectivity index (χ4n) is 7.90. The van der Waals surface area contributed by atoms with Crippen LogP contribution in [0.25, 0.3) is 0 Å². The summed E-state index contributed by atoms with van der Waals surface area (Å²) in [6.07, 6.45) is 52.5. The average molecular weight is 818 g/mol. The van der Waals surface area contributed by atoms with Crippen molar-refractivity contribution in [1.29, 1.82) is 0 Å². The monoisotopic (exact) mass is 818 g/mol. The van der Waals surface area contributed by atoms with Crippen molar-refractivity contribution < 1.29 is 24.5 Å². The average Bonchev–Trinajstić information content (AvgIpc) is 3.22. The van der Waals surface area contributed by atoms with E-state index in [9.17, 15) is 19.8 Å². The van der Waals surface area contributed by atoms with Crippen LogP contribution in [-0.2, 0) is 14.3 Å². The summed E-state index contributed by atoms with van der Waals surface area (Å²) in [5, 5.41) is 23.7. The Morgan fingerprint density at radius 3 is 1.31 bits per heavy atom. The third kappa shape index (κ3) is 41.1. The number of allylic oxidation sites excluding steroid dienone is 4. The zero-order valence-electron chi connectivity index (χ0n) is 38.9. The van der Waals surface area contributed by atoms with Crippen molar-refractivity contribution in [1.82, 2.24) is 5.32 Å². The molecule has 0 rings (SSSR count). The predicted octanol–water partition coefficient (Wildman–Crippen LogP) is 15.1. The first-order valence-corrected chi connectivity index (χ1v) is 25.6. The Morgan fingerprint density at radius 1 is 0.500 bits per heavy atom. The smallest absolute Gasteiger partial charge is 0.306 e. The van der Waals surface area contributed by atoms with Crippen molar-refractivity contribution in [3.8, 4) is 0 Å². The van der Waals surface area contributed by atoms with E-state index in [1.807, 2.05) is 6.08 Å². The molecule has 6 heteroatoms. The van der Waals surface area contributed by atoms with Gasteiger partial charge >= 0.3 is 5.97 Å². The van der Waals surface area contributed by atoms with Gasteiger partial charge in [0.2, 0.25) is 5.91 Å². The number of aliphatic hydroxyl groups is 2. The first-order valence-electron chi connectivity index (χ1n) is 25.6. The Kier molecular flexibility index (Phi) is 45.1. The Balaban J connectivity index is 4.51. The molecule has 0 bridgehead atoms. The second-order valence-corrected chi connectivity index (χ2v) is 17.6. The van der Waals surface area contributed by atoms with Crippen molar-refractivity contribution in [2.45, 2.75) is 289 Å². The Hall–Kier alpha value is -1.66. The third-order valence-electron chi connectivity index (χ3n) is 11.8. The first kappa shape index (κ1) is 56.3. The Morgan fingerprint density at radius 2 is 0.879 bits per heavy atom. The molecule has 58 heavy (non-hydrogen) atoms. The molecule has 0 radical (unpaired) electrons. The van der Waals surface area contributed by atoms with Crippen LogP contribution in [0, 0.1) is 0 Å². The summed E-state index contributed by atoms with van der Waals surface area (Å²) in [6.45, 7) is 6.47. The second kappa shape index (κ2) is 46.4. The standard InChI is InChI=1S/C52H99NO5/c1-4-7-10-13-16-19-22-24-25-26-28-29-32-35-38-41-44-50(55)49(47-54)53-51(56)46-48(43-40-37-34-31-21-18-15-12-9-6-3)58-52(57)45-42-39-36-33-30-27-23-20-17-14-11-8-5-2/h27,30,36,39,48-50,54-55H,4-26,28-29,31-35,37-38,40-47H2,1-3H3,(H,53,56)/b30-27-,39-36+. The molecule has 0 aliphatic carbocycles. The number of amides is 1. The predicted molar refractivity (Wildman–Crippen MR) is 250 cm³/mol. The van der Waals surface area contributed by atoms with E-state index in [0.717, 1.165) is 44.9 Å². The molecular formula is C52H99NO5. The zero-order valence-corrected chi connectivity index (χ0v) is 38.9. The number of rotatable bonds is 46. The maximum Gasteiger partial charge on any atom is 0.306 e. The van der Waals surface area contributed by atoms with Crippen LogP contribution < -0.4 is 5.32 Å². The molecule has 0 saturated heterocycles. The summed E-state index contributed by atoms with van der Waals surface area (Å²) >= 11 is 0. The van der Waals surface area contributed by atoms with E-state index in [1.165, 1.54) is 173 Å². The van der Waals surface area contributed by atoms with Gasteiger partial charge in [-0.1, -0.05) is 238 Å². The summed E-state index contributed by atoms with van der Waals surface area (Å²) in [5.74, 6) is -0.544. The number of ether oxygens (including phenoxy) is 1. The number of carbonyl (C=O) groups is 2. The minimum absolute atomic E-state index is 0.0602. The SMILES string of the molecule is CCCCCCCC/C=C\C/C=C/CCC(=O)OC(CCCCCCCCCCCC)CC(=O)NC(CO)C(O)CCCCCCCCCCCCCCCCCC. The molecule has 3 atom stereocenters. The summed E-state index contributed by atoms with van der Waals surface area (Å²) in [7, 11) is 0. The highest BCUT2D eigenvalue weighted by molar-refractivity contribution is 5.77. The Labute approximate surface area is 361 Å². The highest BCUT2D eigenvalue weighted by Gasteiger charge is 2.24. The molecule has 3 N–H and O–H groups in total. The van der Waals surface area contributed by atoms with E-state index in [-0.39, 0.29) is 24.9 Å². The topological polar surface area (TPSA) is 95.9 Å². The van der Waals surface area contributed by atoms with Crippen molar-refractivity contribution in [2.24, 2.45) is 0 Å². The third-order valence-corrected chi connectivity index (χ3v) is 11.8. The molecule has 0 aliphatic rings. The maximum atomic E-state index is 13.2. The van der Waals surface area contributed by atoms with Gasteiger partial charge < -0.3 is 20.3 Å². The first-order chi connectivity index (χ1) is 28.5. The molecule has 0 aromatic heterocycles. The van der Waals surface area contributed by atoms with Crippen LogP contribution in [0.1, 0.15) is 271 Å². The van der Waals surface area contributed by atoms with Crippen LogP contribution in [-0.4, -0.2) is 46.9 Å². The number of unbranched alkanes of at least 4 members (excludes halogenated alkanes) is 30. The molecule has 3 unspecified atom stereocenters. The van der Waals surface area contributed by atoms with Gasteiger partial charge in [0.05, 0.1) is 25.2 Å². The number of carbonyl (C=O) groups excluding carboxylic acids is 2. The van der Waals surface area contributed by atoms with Gasteiger partial charge in [-0.25, -0.2) is 0 Å². The number of aliphatic hydroxyl groups excluding tert-OH is 2. The Bertz CT molecular complexity index is 919. The quantitative estimate of drug-likeness (QED) is 0.0323. The van der Waals surface area contributed by atoms with Gasteiger partial charge in [0, 0.05) is 6.42 Å². The molecular weight excluding hydrogens is 719 g/mol. The lowest BCUT2D eigenvalue weighted by Crippen LogP contribution is -2.46. The van der Waals surface area contributed by atoms with E-state index in [4.69, 9.17) is 4.74 Å². The number of hydrogen-bond acceptors (Lipinski definition) is 5. The lowest BCUT2D eigenvalue weighted by atomic mass is 10.0. The van der Waals surface area contributed by atoms with Crippen molar-refractivity contribution in [3.63, 3.8) is 0 Å². The highest BCUT2D eigenvalue weighted by atomic mass is 16.5. The molecule has 342 valence electrons. The fraction of sp³-hybridized carbons (Fsp3) is 0.885. The van der Waals surface area contributed by atoms with E-state index in [0.29, 0.717) is 25.7 Å². The van der Waals surface area contributed by atoms with Gasteiger partial charge in [0.25, 0.3) is 0 Å². The van der Waals surface area contributed by atoms with Crippen LogP contribution in [0.3, 0.4) is 0 Å². The van der Waals surface area contributed by atoms with Crippen LogP contribution >= 0.6 is 0 Å². The van der Waals surface area contributed by atoms with Gasteiger partial charge in [-0.15, -0.1) is 0 Å². The summed E-state index contributed by atoms with van der Waals surface area (Å²) in [5.41, 5.74) is 0. The van der Waals surface area contributed by atoms with Crippen molar-refractivity contribution >= 4 is 11.9 Å². The summed E-state index contributed by atoms with van der Waals surface area (Å²) in [4.78, 5) is 26.0. The molecule has 0 aromatic rings. The lowest BCUT2D eigenvalue weighted by Gasteiger charge is -2.24. The number of esters is 1. The van der Waals surface area contributed by atoms with Crippen LogP contribution in [0.2, 0.25) is 0 Å². The number of nitrogens with one attached hydrogen (secondary N) is 1. The van der Waals surface area contributed by atoms with Crippen LogP contribution in [0.4, 0.5) is 0 Å². The maximum absolute atomic E-state index is 13.2. The molecule has 0 heterocycles.